The number of nitrogens with zero attached hydrogens (tertiary/aromatic N) is 1. The molecule has 0 amide bonds. The summed E-state index contributed by atoms with van der Waals surface area (Å²) in [5, 5.41) is 0. The van der Waals surface area contributed by atoms with Crippen molar-refractivity contribution in [2.24, 2.45) is 0 Å². The van der Waals surface area contributed by atoms with Crippen LogP contribution in [-0.4, -0.2) is 4.98 Å². The second-order valence-electron chi connectivity index (χ2n) is 4.17. The van der Waals surface area contributed by atoms with Gasteiger partial charge in [-0.1, -0.05) is 13.8 Å². The zero-order chi connectivity index (χ0) is 10.3. The molecule has 1 aliphatic rings. The molecule has 14 heavy (non-hydrogen) atoms. The fourth-order valence-corrected chi connectivity index (χ4v) is 2.67. The molecule has 0 aliphatic heterocycles. The summed E-state index contributed by atoms with van der Waals surface area (Å²) in [6, 6.07) is 1.60. The molecule has 0 aromatic carbocycles. The summed E-state index contributed by atoms with van der Waals surface area (Å²) < 4.78 is 13.8. The Morgan fingerprint density at radius 1 is 1.50 bits per heavy atom. The van der Waals surface area contributed by atoms with Crippen LogP contribution in [0, 0.1) is 5.95 Å². The van der Waals surface area contributed by atoms with Crippen molar-refractivity contribution in [3.05, 3.63) is 27.7 Å². The van der Waals surface area contributed by atoms with Crippen molar-refractivity contribution in [2.45, 2.75) is 38.5 Å². The van der Waals surface area contributed by atoms with Crippen LogP contribution < -0.4 is 0 Å². The van der Waals surface area contributed by atoms with Crippen molar-refractivity contribution in [1.82, 2.24) is 4.98 Å². The van der Waals surface area contributed by atoms with Crippen LogP contribution in [0.4, 0.5) is 4.39 Å². The Hall–Kier alpha value is -0.440. The van der Waals surface area contributed by atoms with Gasteiger partial charge in [-0.25, -0.2) is 4.98 Å². The van der Waals surface area contributed by atoms with Gasteiger partial charge in [0.2, 0.25) is 5.95 Å². The molecule has 0 N–H and O–H groups in total. The largest absolute Gasteiger partial charge is 0.214 e. The van der Waals surface area contributed by atoms with Gasteiger partial charge in [0.1, 0.15) is 4.60 Å². The number of hydrogen-bond acceptors (Lipinski definition) is 1. The fraction of sp³-hybridized carbons (Fsp3) is 0.545. The van der Waals surface area contributed by atoms with Gasteiger partial charge < -0.3 is 0 Å². The van der Waals surface area contributed by atoms with Crippen LogP contribution in [0.15, 0.2) is 10.7 Å². The van der Waals surface area contributed by atoms with E-state index in [1.165, 1.54) is 18.4 Å². The van der Waals surface area contributed by atoms with Crippen molar-refractivity contribution in [3.8, 4) is 0 Å². The van der Waals surface area contributed by atoms with Gasteiger partial charge in [-0.05, 0) is 57.8 Å². The van der Waals surface area contributed by atoms with Crippen LogP contribution >= 0.6 is 15.9 Å². The normalized spacial score (nSPS) is 16.4. The molecule has 0 spiro atoms. The Labute approximate surface area is 91.9 Å². The standard InChI is InChI=1S/C11H13BrFN/c1-6(2)10-8(7-3-4-7)5-9(13)14-11(10)12/h5-7H,3-4H2,1-2H3. The van der Waals surface area contributed by atoms with Gasteiger partial charge in [-0.2, -0.15) is 4.39 Å². The highest BCUT2D eigenvalue weighted by atomic mass is 79.9. The average molecular weight is 258 g/mol. The first-order valence-electron chi connectivity index (χ1n) is 4.95. The Morgan fingerprint density at radius 3 is 2.64 bits per heavy atom. The Bertz CT molecular complexity index is 359. The van der Waals surface area contributed by atoms with E-state index < -0.39 is 0 Å². The molecule has 1 nitrogen and oxygen atoms in total. The van der Waals surface area contributed by atoms with E-state index in [1.54, 1.807) is 6.07 Å². The van der Waals surface area contributed by atoms with Crippen molar-refractivity contribution in [3.63, 3.8) is 0 Å². The monoisotopic (exact) mass is 257 g/mol. The molecule has 0 saturated heterocycles. The van der Waals surface area contributed by atoms with E-state index in [2.05, 4.69) is 34.8 Å². The fourth-order valence-electron chi connectivity index (χ4n) is 1.82. The second-order valence-corrected chi connectivity index (χ2v) is 4.92. The molecule has 1 aromatic heterocycles. The molecule has 1 heterocycles. The molecule has 1 aliphatic carbocycles. The SMILES string of the molecule is CC(C)c1c(C2CC2)cc(F)nc1Br. The molecular formula is C11H13BrFN. The maximum absolute atomic E-state index is 13.1. The minimum Gasteiger partial charge on any atom is -0.212 e. The van der Waals surface area contributed by atoms with E-state index in [0.29, 0.717) is 16.4 Å². The highest BCUT2D eigenvalue weighted by molar-refractivity contribution is 9.10. The van der Waals surface area contributed by atoms with Gasteiger partial charge in [0.25, 0.3) is 0 Å². The van der Waals surface area contributed by atoms with Crippen LogP contribution in [0.5, 0.6) is 0 Å². The highest BCUT2D eigenvalue weighted by Crippen LogP contribution is 2.44. The number of pyridine rings is 1. The van der Waals surface area contributed by atoms with E-state index in [0.717, 1.165) is 5.56 Å². The summed E-state index contributed by atoms with van der Waals surface area (Å²) in [6.45, 7) is 4.23. The van der Waals surface area contributed by atoms with Gasteiger partial charge in [-0.3, -0.25) is 0 Å². The van der Waals surface area contributed by atoms with Crippen LogP contribution in [0.1, 0.15) is 49.7 Å². The molecule has 0 unspecified atom stereocenters. The first kappa shape index (κ1) is 10.1. The Kier molecular flexibility index (Phi) is 2.60. The molecule has 1 aromatic rings. The topological polar surface area (TPSA) is 12.9 Å². The minimum atomic E-state index is -0.372. The molecule has 3 heteroatoms. The molecule has 1 saturated carbocycles. The third kappa shape index (κ3) is 1.83. The van der Waals surface area contributed by atoms with Gasteiger partial charge in [0.15, 0.2) is 0 Å². The summed E-state index contributed by atoms with van der Waals surface area (Å²) in [4.78, 5) is 3.82. The molecule has 2 rings (SSSR count). The van der Waals surface area contributed by atoms with Gasteiger partial charge in [0.05, 0.1) is 0 Å². The summed E-state index contributed by atoms with van der Waals surface area (Å²) >= 11 is 3.34. The van der Waals surface area contributed by atoms with Crippen molar-refractivity contribution >= 4 is 15.9 Å². The molecular weight excluding hydrogens is 245 g/mol. The lowest BCUT2D eigenvalue weighted by molar-refractivity contribution is 0.574. The van der Waals surface area contributed by atoms with Crippen LogP contribution in [0.3, 0.4) is 0 Å². The van der Waals surface area contributed by atoms with Gasteiger partial charge in [0, 0.05) is 0 Å². The van der Waals surface area contributed by atoms with Crippen molar-refractivity contribution in [2.75, 3.05) is 0 Å². The lowest BCUT2D eigenvalue weighted by Gasteiger charge is -2.13. The summed E-state index contributed by atoms with van der Waals surface area (Å²) in [6.07, 6.45) is 2.38. The number of aromatic nitrogens is 1. The van der Waals surface area contributed by atoms with Crippen LogP contribution in [0.2, 0.25) is 0 Å². The average Bonchev–Trinajstić information content (AvgIpc) is 2.82. The Morgan fingerprint density at radius 2 is 2.14 bits per heavy atom. The molecule has 0 bridgehead atoms. The zero-order valence-corrected chi connectivity index (χ0v) is 9.94. The van der Waals surface area contributed by atoms with Crippen molar-refractivity contribution in [1.29, 1.82) is 0 Å². The van der Waals surface area contributed by atoms with E-state index in [9.17, 15) is 4.39 Å². The lowest BCUT2D eigenvalue weighted by Crippen LogP contribution is -2.00. The smallest absolute Gasteiger partial charge is 0.212 e. The quantitative estimate of drug-likeness (QED) is 0.731. The van der Waals surface area contributed by atoms with Crippen LogP contribution in [-0.2, 0) is 0 Å². The van der Waals surface area contributed by atoms with Gasteiger partial charge in [-0.15, -0.1) is 0 Å². The van der Waals surface area contributed by atoms with Crippen molar-refractivity contribution < 1.29 is 4.39 Å². The number of halogens is 2. The minimum absolute atomic E-state index is 0.372. The van der Waals surface area contributed by atoms with E-state index in [1.807, 2.05) is 0 Å². The third-order valence-corrected chi connectivity index (χ3v) is 3.21. The summed E-state index contributed by atoms with van der Waals surface area (Å²) in [5.74, 6) is 0.595. The summed E-state index contributed by atoms with van der Waals surface area (Å²) in [5.41, 5.74) is 2.33. The predicted octanol–water partition coefficient (Wildman–Crippen LogP) is 3.98. The molecule has 0 radical (unpaired) electrons. The third-order valence-electron chi connectivity index (χ3n) is 2.61. The maximum atomic E-state index is 13.1. The maximum Gasteiger partial charge on any atom is 0.214 e. The van der Waals surface area contributed by atoms with E-state index >= 15 is 0 Å². The van der Waals surface area contributed by atoms with E-state index in [-0.39, 0.29) is 5.95 Å². The molecule has 0 atom stereocenters. The van der Waals surface area contributed by atoms with E-state index in [4.69, 9.17) is 0 Å². The summed E-state index contributed by atoms with van der Waals surface area (Å²) in [7, 11) is 0. The second kappa shape index (κ2) is 3.61. The first-order chi connectivity index (χ1) is 6.59. The van der Waals surface area contributed by atoms with Crippen LogP contribution in [0.25, 0.3) is 0 Å². The Balaban J connectivity index is 2.53. The zero-order valence-electron chi connectivity index (χ0n) is 8.35. The number of hydrogen-bond donors (Lipinski definition) is 0. The number of rotatable bonds is 2. The predicted molar refractivity (Wildman–Crippen MR) is 58.0 cm³/mol. The lowest BCUT2D eigenvalue weighted by atomic mass is 9.97. The highest BCUT2D eigenvalue weighted by Gasteiger charge is 2.28. The molecule has 76 valence electrons. The first-order valence-corrected chi connectivity index (χ1v) is 5.74. The molecule has 1 fully saturated rings. The van der Waals surface area contributed by atoms with Gasteiger partial charge >= 0.3 is 0 Å².